The topological polar surface area (TPSA) is 30.9 Å². The van der Waals surface area contributed by atoms with E-state index in [4.69, 9.17) is 5.73 Å². The van der Waals surface area contributed by atoms with Crippen LogP contribution in [0, 0.1) is 0 Å². The minimum atomic E-state index is 0.565. The second-order valence-corrected chi connectivity index (χ2v) is 4.71. The highest BCUT2D eigenvalue weighted by molar-refractivity contribution is 5.82. The summed E-state index contributed by atoms with van der Waals surface area (Å²) in [6.07, 6.45) is 0.960. The van der Waals surface area contributed by atoms with E-state index in [1.807, 2.05) is 0 Å². The standard InChI is InChI=1S/C14H20N2/c1-10(2)14-9-12-8-11(6-7-15)4-5-13(12)16(14)3/h4-5,8-10H,6-7,15H2,1-3H3. The van der Waals surface area contributed by atoms with Crippen molar-refractivity contribution in [2.24, 2.45) is 12.8 Å². The quantitative estimate of drug-likeness (QED) is 0.840. The van der Waals surface area contributed by atoms with Gasteiger partial charge in [0.15, 0.2) is 0 Å². The van der Waals surface area contributed by atoms with E-state index in [2.05, 4.69) is 49.7 Å². The maximum atomic E-state index is 5.58. The second kappa shape index (κ2) is 4.30. The zero-order valence-corrected chi connectivity index (χ0v) is 10.3. The molecule has 0 aliphatic rings. The SMILES string of the molecule is CC(C)c1cc2cc(CCN)ccc2n1C. The lowest BCUT2D eigenvalue weighted by atomic mass is 10.1. The van der Waals surface area contributed by atoms with E-state index >= 15 is 0 Å². The Labute approximate surface area is 97.1 Å². The monoisotopic (exact) mass is 216 g/mol. The minimum Gasteiger partial charge on any atom is -0.347 e. The molecule has 0 spiro atoms. The van der Waals surface area contributed by atoms with Crippen molar-refractivity contribution in [3.63, 3.8) is 0 Å². The van der Waals surface area contributed by atoms with Gasteiger partial charge in [0.05, 0.1) is 0 Å². The summed E-state index contributed by atoms with van der Waals surface area (Å²) in [7, 11) is 2.14. The Morgan fingerprint density at radius 3 is 2.62 bits per heavy atom. The van der Waals surface area contributed by atoms with E-state index in [1.54, 1.807) is 0 Å². The number of hydrogen-bond acceptors (Lipinski definition) is 1. The Hall–Kier alpha value is -1.28. The number of aryl methyl sites for hydroxylation is 1. The van der Waals surface area contributed by atoms with Gasteiger partial charge in [0, 0.05) is 23.6 Å². The summed E-state index contributed by atoms with van der Waals surface area (Å²) in [6, 6.07) is 8.93. The fourth-order valence-electron chi connectivity index (χ4n) is 2.30. The molecule has 0 fully saturated rings. The Morgan fingerprint density at radius 2 is 2.00 bits per heavy atom. The fourth-order valence-corrected chi connectivity index (χ4v) is 2.30. The van der Waals surface area contributed by atoms with E-state index in [1.165, 1.54) is 22.2 Å². The van der Waals surface area contributed by atoms with Crippen LogP contribution in [0.2, 0.25) is 0 Å². The lowest BCUT2D eigenvalue weighted by Gasteiger charge is -2.06. The summed E-state index contributed by atoms with van der Waals surface area (Å²) in [5, 5.41) is 1.33. The van der Waals surface area contributed by atoms with Gasteiger partial charge >= 0.3 is 0 Å². The molecule has 16 heavy (non-hydrogen) atoms. The van der Waals surface area contributed by atoms with Crippen molar-refractivity contribution in [1.82, 2.24) is 4.57 Å². The molecule has 0 unspecified atom stereocenters. The van der Waals surface area contributed by atoms with Crippen LogP contribution in [0.3, 0.4) is 0 Å². The van der Waals surface area contributed by atoms with Crippen LogP contribution in [0.1, 0.15) is 31.0 Å². The molecule has 86 valence electrons. The third-order valence-corrected chi connectivity index (χ3v) is 3.17. The molecule has 0 amide bonds. The summed E-state index contributed by atoms with van der Waals surface area (Å²) < 4.78 is 2.28. The molecule has 2 nitrogen and oxygen atoms in total. The van der Waals surface area contributed by atoms with Gasteiger partial charge < -0.3 is 10.3 Å². The number of fused-ring (bicyclic) bond motifs is 1. The first-order valence-electron chi connectivity index (χ1n) is 5.91. The summed E-state index contributed by atoms with van der Waals surface area (Å²) in [5.41, 5.74) is 9.61. The Morgan fingerprint density at radius 1 is 1.25 bits per heavy atom. The molecule has 1 aromatic carbocycles. The van der Waals surface area contributed by atoms with Crippen LogP contribution in [0.15, 0.2) is 24.3 Å². The van der Waals surface area contributed by atoms with E-state index in [0.29, 0.717) is 5.92 Å². The Bertz CT molecular complexity index is 495. The van der Waals surface area contributed by atoms with Gasteiger partial charge in [-0.3, -0.25) is 0 Å². The van der Waals surface area contributed by atoms with Gasteiger partial charge in [0.1, 0.15) is 0 Å². The van der Waals surface area contributed by atoms with Gasteiger partial charge in [-0.05, 0) is 42.6 Å². The van der Waals surface area contributed by atoms with E-state index in [9.17, 15) is 0 Å². The van der Waals surface area contributed by atoms with Crippen molar-refractivity contribution in [3.8, 4) is 0 Å². The van der Waals surface area contributed by atoms with Crippen molar-refractivity contribution >= 4 is 10.9 Å². The molecule has 2 heteroatoms. The van der Waals surface area contributed by atoms with Crippen LogP contribution in [0.5, 0.6) is 0 Å². The van der Waals surface area contributed by atoms with Crippen LogP contribution < -0.4 is 5.73 Å². The molecule has 0 radical (unpaired) electrons. The average Bonchev–Trinajstić information content (AvgIpc) is 2.56. The first-order chi connectivity index (χ1) is 7.63. The molecule has 0 atom stereocenters. The average molecular weight is 216 g/mol. The van der Waals surface area contributed by atoms with Crippen LogP contribution in [-0.4, -0.2) is 11.1 Å². The zero-order chi connectivity index (χ0) is 11.7. The van der Waals surface area contributed by atoms with Gasteiger partial charge in [0.25, 0.3) is 0 Å². The maximum Gasteiger partial charge on any atom is 0.0480 e. The first-order valence-corrected chi connectivity index (χ1v) is 5.91. The van der Waals surface area contributed by atoms with Crippen LogP contribution in [0.25, 0.3) is 10.9 Å². The number of hydrogen-bond donors (Lipinski definition) is 1. The van der Waals surface area contributed by atoms with E-state index in [-0.39, 0.29) is 0 Å². The normalized spacial score (nSPS) is 11.6. The predicted octanol–water partition coefficient (Wildman–Crippen LogP) is 2.80. The summed E-state index contributed by atoms with van der Waals surface area (Å²) in [5.74, 6) is 0.565. The van der Waals surface area contributed by atoms with Gasteiger partial charge in [0.2, 0.25) is 0 Å². The van der Waals surface area contributed by atoms with Crippen molar-refractivity contribution in [3.05, 3.63) is 35.5 Å². The van der Waals surface area contributed by atoms with Gasteiger partial charge in [-0.1, -0.05) is 19.9 Å². The highest BCUT2D eigenvalue weighted by Crippen LogP contribution is 2.25. The molecule has 2 N–H and O–H groups in total. The molecule has 0 aliphatic heterocycles. The highest BCUT2D eigenvalue weighted by atomic mass is 14.9. The van der Waals surface area contributed by atoms with Crippen molar-refractivity contribution < 1.29 is 0 Å². The molecular formula is C14H20N2. The van der Waals surface area contributed by atoms with Crippen LogP contribution in [0.4, 0.5) is 0 Å². The summed E-state index contributed by atoms with van der Waals surface area (Å²) >= 11 is 0. The molecule has 0 bridgehead atoms. The van der Waals surface area contributed by atoms with E-state index in [0.717, 1.165) is 13.0 Å². The van der Waals surface area contributed by atoms with Crippen molar-refractivity contribution in [1.29, 1.82) is 0 Å². The second-order valence-electron chi connectivity index (χ2n) is 4.71. The number of benzene rings is 1. The number of nitrogens with two attached hydrogens (primary N) is 1. The fraction of sp³-hybridized carbons (Fsp3) is 0.429. The molecule has 0 saturated heterocycles. The van der Waals surface area contributed by atoms with Crippen molar-refractivity contribution in [2.45, 2.75) is 26.2 Å². The third kappa shape index (κ3) is 1.85. The molecule has 1 heterocycles. The third-order valence-electron chi connectivity index (χ3n) is 3.17. The number of rotatable bonds is 3. The minimum absolute atomic E-state index is 0.565. The lowest BCUT2D eigenvalue weighted by Crippen LogP contribution is -2.02. The molecular weight excluding hydrogens is 196 g/mol. The maximum absolute atomic E-state index is 5.58. The zero-order valence-electron chi connectivity index (χ0n) is 10.3. The summed E-state index contributed by atoms with van der Waals surface area (Å²) in [6.45, 7) is 5.18. The molecule has 0 aliphatic carbocycles. The van der Waals surface area contributed by atoms with Gasteiger partial charge in [-0.2, -0.15) is 0 Å². The van der Waals surface area contributed by atoms with Crippen molar-refractivity contribution in [2.75, 3.05) is 6.54 Å². The van der Waals surface area contributed by atoms with Gasteiger partial charge in [-0.25, -0.2) is 0 Å². The summed E-state index contributed by atoms with van der Waals surface area (Å²) in [4.78, 5) is 0. The first kappa shape index (κ1) is 11.2. The Balaban J connectivity index is 2.54. The predicted molar refractivity (Wildman–Crippen MR) is 69.8 cm³/mol. The molecule has 2 aromatic rings. The number of nitrogens with zero attached hydrogens (tertiary/aromatic N) is 1. The smallest absolute Gasteiger partial charge is 0.0480 e. The van der Waals surface area contributed by atoms with E-state index < -0.39 is 0 Å². The largest absolute Gasteiger partial charge is 0.347 e. The molecule has 0 saturated carbocycles. The van der Waals surface area contributed by atoms with Crippen LogP contribution in [-0.2, 0) is 13.5 Å². The van der Waals surface area contributed by atoms with Crippen LogP contribution >= 0.6 is 0 Å². The lowest BCUT2D eigenvalue weighted by molar-refractivity contribution is 0.755. The van der Waals surface area contributed by atoms with Gasteiger partial charge in [-0.15, -0.1) is 0 Å². The highest BCUT2D eigenvalue weighted by Gasteiger charge is 2.08. The molecule has 1 aromatic heterocycles. The Kier molecular flexibility index (Phi) is 3.01. The molecule has 2 rings (SSSR count). The number of aromatic nitrogens is 1.